The molecule has 0 radical (unpaired) electrons. The zero-order valence-electron chi connectivity index (χ0n) is 17.1. The number of ether oxygens (including phenoxy) is 1. The highest BCUT2D eigenvalue weighted by Gasteiger charge is 2.24. The smallest absolute Gasteiger partial charge is 0.321 e. The van der Waals surface area contributed by atoms with E-state index in [9.17, 15) is 28.1 Å². The number of esters is 1. The van der Waals surface area contributed by atoms with E-state index in [0.29, 0.717) is 5.69 Å². The Bertz CT molecular complexity index is 1070. The summed E-state index contributed by atoms with van der Waals surface area (Å²) in [5, 5.41) is 13.8. The zero-order valence-corrected chi connectivity index (χ0v) is 17.9. The van der Waals surface area contributed by atoms with Gasteiger partial charge in [0.1, 0.15) is 12.2 Å². The highest BCUT2D eigenvalue weighted by Crippen LogP contribution is 2.29. The summed E-state index contributed by atoms with van der Waals surface area (Å²) in [5.41, 5.74) is 0.335. The molecule has 0 saturated heterocycles. The van der Waals surface area contributed by atoms with Crippen LogP contribution in [0.4, 0.5) is 17.1 Å². The summed E-state index contributed by atoms with van der Waals surface area (Å²) in [6.07, 6.45) is -1.17. The molecule has 0 fully saturated rings. The summed E-state index contributed by atoms with van der Waals surface area (Å²) >= 11 is 0. The number of carbonyl (C=O) groups excluding carboxylic acids is 2. The first kappa shape index (κ1) is 23.8. The first-order valence-corrected chi connectivity index (χ1v) is 10.5. The van der Waals surface area contributed by atoms with Gasteiger partial charge in [0.25, 0.3) is 11.6 Å². The van der Waals surface area contributed by atoms with Gasteiger partial charge in [-0.25, -0.2) is 8.42 Å². The largest absolute Gasteiger partial charge is 0.452 e. The Labute approximate surface area is 179 Å². The van der Waals surface area contributed by atoms with Crippen LogP contribution in [0, 0.1) is 10.1 Å². The van der Waals surface area contributed by atoms with E-state index in [4.69, 9.17) is 4.74 Å². The highest BCUT2D eigenvalue weighted by atomic mass is 32.2. The molecule has 0 spiro atoms. The molecule has 31 heavy (non-hydrogen) atoms. The maximum atomic E-state index is 12.4. The van der Waals surface area contributed by atoms with E-state index in [-0.39, 0.29) is 10.6 Å². The minimum atomic E-state index is -4.23. The van der Waals surface area contributed by atoms with E-state index in [1.54, 1.807) is 44.4 Å². The lowest BCUT2D eigenvalue weighted by molar-refractivity contribution is -0.384. The van der Waals surface area contributed by atoms with Crippen molar-refractivity contribution in [3.8, 4) is 0 Å². The average Bonchev–Trinajstić information content (AvgIpc) is 2.72. The minimum absolute atomic E-state index is 0.224. The summed E-state index contributed by atoms with van der Waals surface area (Å²) in [5.74, 6) is -1.57. The predicted molar refractivity (Wildman–Crippen MR) is 113 cm³/mol. The maximum absolute atomic E-state index is 12.4. The van der Waals surface area contributed by atoms with Crippen LogP contribution < -0.4 is 14.9 Å². The number of benzene rings is 2. The lowest BCUT2D eigenvalue weighted by Crippen LogP contribution is -2.35. The molecule has 0 bridgehead atoms. The molecule has 2 rings (SSSR count). The van der Waals surface area contributed by atoms with Crippen molar-refractivity contribution in [1.82, 2.24) is 4.72 Å². The molecule has 0 aliphatic rings. The van der Waals surface area contributed by atoms with Crippen molar-refractivity contribution in [3.63, 3.8) is 0 Å². The molecule has 1 unspecified atom stereocenters. The molecule has 2 N–H and O–H groups in total. The topological polar surface area (TPSA) is 148 Å². The molecule has 2 aromatic rings. The molecule has 0 saturated carbocycles. The maximum Gasteiger partial charge on any atom is 0.321 e. The van der Waals surface area contributed by atoms with Gasteiger partial charge in [0.2, 0.25) is 10.0 Å². The third-order valence-corrected chi connectivity index (χ3v) is 5.46. The number of para-hydroxylation sites is 1. The number of hydrogen-bond donors (Lipinski definition) is 2. The molecule has 0 aromatic heterocycles. The molecule has 166 valence electrons. The molecule has 2 aromatic carbocycles. The Balaban J connectivity index is 2.00. The van der Waals surface area contributed by atoms with Crippen molar-refractivity contribution >= 4 is 39.0 Å². The summed E-state index contributed by atoms with van der Waals surface area (Å²) in [4.78, 5) is 35.7. The number of amides is 1. The molecule has 0 heterocycles. The van der Waals surface area contributed by atoms with Crippen LogP contribution in [0.15, 0.2) is 53.4 Å². The van der Waals surface area contributed by atoms with Crippen LogP contribution in [0.25, 0.3) is 0 Å². The molecule has 0 aliphatic heterocycles. The quantitative estimate of drug-likeness (QED) is 0.332. The van der Waals surface area contributed by atoms with E-state index in [1.165, 1.54) is 24.0 Å². The third-order valence-electron chi connectivity index (χ3n) is 4.06. The average molecular weight is 450 g/mol. The SMILES string of the molecule is CC(OC(=O)CNS(=O)(=O)c1ccc(N(C)C)c([N+](=O)[O-])c1)C(=O)Nc1ccccc1. The molecule has 11 nitrogen and oxygen atoms in total. The summed E-state index contributed by atoms with van der Waals surface area (Å²) in [6, 6.07) is 11.9. The van der Waals surface area contributed by atoms with E-state index >= 15 is 0 Å². The number of nitro groups is 1. The molecule has 12 heteroatoms. The highest BCUT2D eigenvalue weighted by molar-refractivity contribution is 7.89. The fraction of sp³-hybridized carbons (Fsp3) is 0.263. The number of nitrogens with zero attached hydrogens (tertiary/aromatic N) is 2. The number of nitrogens with one attached hydrogen (secondary N) is 2. The van der Waals surface area contributed by atoms with Gasteiger partial charge in [0.05, 0.1) is 9.82 Å². The first-order valence-electron chi connectivity index (χ1n) is 9.02. The number of carbonyl (C=O) groups is 2. The number of hydrogen-bond acceptors (Lipinski definition) is 8. The third kappa shape index (κ3) is 6.49. The molecular formula is C19H22N4O7S. The molecule has 1 atom stereocenters. The van der Waals surface area contributed by atoms with Crippen LogP contribution in [0.5, 0.6) is 0 Å². The molecular weight excluding hydrogens is 428 g/mol. The fourth-order valence-electron chi connectivity index (χ4n) is 2.49. The van der Waals surface area contributed by atoms with Gasteiger partial charge in [-0.1, -0.05) is 18.2 Å². The van der Waals surface area contributed by atoms with E-state index in [0.717, 1.165) is 6.07 Å². The van der Waals surface area contributed by atoms with Crippen molar-refractivity contribution in [3.05, 3.63) is 58.6 Å². The standard InChI is InChI=1S/C19H22N4O7S/c1-13(19(25)21-14-7-5-4-6-8-14)30-18(24)12-20-31(28,29)15-9-10-16(22(2)3)17(11-15)23(26)27/h4-11,13,20H,12H2,1-3H3,(H,21,25). The summed E-state index contributed by atoms with van der Waals surface area (Å²) < 4.78 is 31.8. The van der Waals surface area contributed by atoms with Crippen molar-refractivity contribution in [2.75, 3.05) is 30.9 Å². The Hall–Kier alpha value is -3.51. The van der Waals surface area contributed by atoms with E-state index in [1.807, 2.05) is 4.72 Å². The van der Waals surface area contributed by atoms with Gasteiger partial charge in [-0.15, -0.1) is 0 Å². The van der Waals surface area contributed by atoms with Gasteiger partial charge in [0.15, 0.2) is 6.10 Å². The van der Waals surface area contributed by atoms with Crippen LogP contribution in [0.2, 0.25) is 0 Å². The Morgan fingerprint density at radius 2 is 1.81 bits per heavy atom. The fourth-order valence-corrected chi connectivity index (χ4v) is 3.48. The summed E-state index contributed by atoms with van der Waals surface area (Å²) in [7, 11) is -1.07. The van der Waals surface area contributed by atoms with Crippen molar-refractivity contribution < 1.29 is 27.7 Å². The van der Waals surface area contributed by atoms with Crippen LogP contribution in [0.1, 0.15) is 6.92 Å². The van der Waals surface area contributed by atoms with Crippen molar-refractivity contribution in [2.45, 2.75) is 17.9 Å². The second-order valence-electron chi connectivity index (χ2n) is 6.61. The van der Waals surface area contributed by atoms with Crippen molar-refractivity contribution in [2.24, 2.45) is 0 Å². The Kier molecular flexibility index (Phi) is 7.67. The van der Waals surface area contributed by atoms with Gasteiger partial charge in [-0.3, -0.25) is 19.7 Å². The van der Waals surface area contributed by atoms with Gasteiger partial charge < -0.3 is 15.0 Å². The number of anilines is 2. The normalized spacial score (nSPS) is 12.0. The van der Waals surface area contributed by atoms with Gasteiger partial charge >= 0.3 is 5.97 Å². The van der Waals surface area contributed by atoms with Crippen LogP contribution >= 0.6 is 0 Å². The first-order chi connectivity index (χ1) is 14.5. The molecule has 1 amide bonds. The lowest BCUT2D eigenvalue weighted by atomic mass is 10.2. The van der Waals surface area contributed by atoms with Crippen molar-refractivity contribution in [1.29, 1.82) is 0 Å². The van der Waals surface area contributed by atoms with Gasteiger partial charge in [-0.2, -0.15) is 4.72 Å². The predicted octanol–water partition coefficient (Wildman–Crippen LogP) is 1.51. The Morgan fingerprint density at radius 3 is 2.39 bits per heavy atom. The Morgan fingerprint density at radius 1 is 1.16 bits per heavy atom. The summed E-state index contributed by atoms with van der Waals surface area (Å²) in [6.45, 7) is 0.586. The van der Waals surface area contributed by atoms with Crippen LogP contribution in [-0.2, 0) is 24.3 Å². The molecule has 0 aliphatic carbocycles. The number of rotatable bonds is 9. The minimum Gasteiger partial charge on any atom is -0.452 e. The monoisotopic (exact) mass is 450 g/mol. The second-order valence-corrected chi connectivity index (χ2v) is 8.38. The van der Waals surface area contributed by atoms with Gasteiger partial charge in [0, 0.05) is 25.8 Å². The van der Waals surface area contributed by atoms with Crippen LogP contribution in [-0.4, -0.2) is 52.0 Å². The van der Waals surface area contributed by atoms with Crippen LogP contribution in [0.3, 0.4) is 0 Å². The van der Waals surface area contributed by atoms with Gasteiger partial charge in [-0.05, 0) is 31.2 Å². The number of sulfonamides is 1. The number of nitro benzene ring substituents is 1. The second kappa shape index (κ2) is 10.00. The lowest BCUT2D eigenvalue weighted by Gasteiger charge is -2.15. The zero-order chi connectivity index (χ0) is 23.2. The van der Waals surface area contributed by atoms with E-state index in [2.05, 4.69) is 5.32 Å². The van der Waals surface area contributed by atoms with E-state index < -0.39 is 45.2 Å².